The van der Waals surface area contributed by atoms with E-state index in [0.717, 1.165) is 103 Å². The first kappa shape index (κ1) is 66.7. The molecule has 10 heterocycles. The lowest BCUT2D eigenvalue weighted by Crippen LogP contribution is -2.65. The molecular weight excluding hydrogens is 1030 g/mol. The van der Waals surface area contributed by atoms with Gasteiger partial charge in [0.05, 0.1) is 34.8 Å². The van der Waals surface area contributed by atoms with Gasteiger partial charge in [-0.15, -0.1) is 53.0 Å². The number of carbonyl (C=O) groups excluding carboxylic acids is 4. The zero-order valence-electron chi connectivity index (χ0n) is 44.8. The maximum absolute atomic E-state index is 13.6. The van der Waals surface area contributed by atoms with Gasteiger partial charge in [-0.05, 0) is 143 Å². The van der Waals surface area contributed by atoms with Crippen molar-refractivity contribution in [1.29, 1.82) is 5.26 Å². The molecule has 2 unspecified atom stereocenters. The van der Waals surface area contributed by atoms with Gasteiger partial charge >= 0.3 is 11.9 Å². The van der Waals surface area contributed by atoms with Crippen molar-refractivity contribution in [3.8, 4) is 42.6 Å². The largest absolute Gasteiger partial charge is 0.459 e. The summed E-state index contributed by atoms with van der Waals surface area (Å²) in [5.74, 6) is 10.5. The molecule has 0 spiro atoms. The van der Waals surface area contributed by atoms with Crippen LogP contribution < -0.4 is 0 Å². The van der Waals surface area contributed by atoms with Crippen LogP contribution in [-0.4, -0.2) is 133 Å². The summed E-state index contributed by atoms with van der Waals surface area (Å²) in [5.41, 5.74) is 2.10. The minimum atomic E-state index is -0.326. The Kier molecular flexibility index (Phi) is 31.3. The molecule has 420 valence electrons. The molecule has 14 heteroatoms. The molecule has 4 aromatic rings. The quantitative estimate of drug-likeness (QED) is 0.0421. The summed E-state index contributed by atoms with van der Waals surface area (Å²) in [7, 11) is 0. The van der Waals surface area contributed by atoms with E-state index in [1.165, 1.54) is 81.2 Å². The second-order valence-corrected chi connectivity index (χ2v) is 22.0. The number of ketones is 2. The van der Waals surface area contributed by atoms with Gasteiger partial charge in [0, 0.05) is 32.2 Å². The van der Waals surface area contributed by atoms with Crippen molar-refractivity contribution in [3.63, 3.8) is 0 Å². The van der Waals surface area contributed by atoms with Crippen molar-refractivity contribution < 1.29 is 33.1 Å². The number of thiophene rings is 2. The third-order valence-corrected chi connectivity index (χ3v) is 16.8. The number of rotatable bonds is 13. The molecule has 0 amide bonds. The zero-order valence-corrected chi connectivity index (χ0v) is 47.2. The lowest BCUT2D eigenvalue weighted by molar-refractivity contribution is -0.938. The summed E-state index contributed by atoms with van der Waals surface area (Å²) in [6.07, 6.45) is 20.9. The van der Waals surface area contributed by atoms with Crippen LogP contribution in [0.3, 0.4) is 0 Å². The number of quaternary nitrogens is 1. The van der Waals surface area contributed by atoms with E-state index in [1.807, 2.05) is 77.5 Å². The number of piperidine rings is 8. The first-order valence-electron chi connectivity index (χ1n) is 26.8. The number of halogens is 1. The fourth-order valence-electron chi connectivity index (χ4n) is 11.1. The maximum Gasteiger partial charge on any atom is 0.328 e. The summed E-state index contributed by atoms with van der Waals surface area (Å²) in [6.45, 7) is 15.3. The van der Waals surface area contributed by atoms with Gasteiger partial charge in [-0.25, -0.2) is 9.59 Å². The van der Waals surface area contributed by atoms with Crippen LogP contribution in [0.25, 0.3) is 0 Å². The van der Waals surface area contributed by atoms with Crippen LogP contribution >= 0.6 is 34.3 Å². The second kappa shape index (κ2) is 36.6. The van der Waals surface area contributed by atoms with E-state index in [-0.39, 0.29) is 68.5 Å². The number of likely N-dealkylation sites (tertiary alicyclic amines) is 2. The number of nitriles is 1. The predicted octanol–water partition coefficient (Wildman–Crippen LogP) is 12.4. The lowest BCUT2D eigenvalue weighted by Gasteiger charge is -2.51. The summed E-state index contributed by atoms with van der Waals surface area (Å²) >= 11 is 8.24. The van der Waals surface area contributed by atoms with Crippen molar-refractivity contribution >= 4 is 57.8 Å². The number of Topliss-reactive ketones (excluding diaryl/α,β-unsaturated/α-hetero) is 2. The number of carbonyl (C=O) groups is 4. The van der Waals surface area contributed by atoms with Crippen LogP contribution in [0.15, 0.2) is 95.7 Å². The number of nitrogens with zero attached hydrogens (tertiary/aromatic N) is 5. The number of alkyl halides is 1. The molecule has 0 saturated carbocycles. The molecular formula is C64H85ClN5O6S2+. The molecule has 4 bridgehead atoms. The highest BCUT2D eigenvalue weighted by Crippen LogP contribution is 2.38. The van der Waals surface area contributed by atoms with Gasteiger partial charge in [0.1, 0.15) is 31.3 Å². The fourth-order valence-corrected chi connectivity index (χ4v) is 12.6. The molecule has 2 aromatic carbocycles. The Bertz CT molecular complexity index is 2520. The van der Waals surface area contributed by atoms with E-state index in [4.69, 9.17) is 32.8 Å². The van der Waals surface area contributed by atoms with E-state index in [0.29, 0.717) is 18.4 Å². The highest BCUT2D eigenvalue weighted by Gasteiger charge is 2.49. The van der Waals surface area contributed by atoms with E-state index in [1.54, 1.807) is 26.0 Å². The number of hydrogen-bond donors (Lipinski definition) is 0. The van der Waals surface area contributed by atoms with Gasteiger partial charge in [0.2, 0.25) is 5.78 Å². The van der Waals surface area contributed by atoms with Crippen LogP contribution in [0.2, 0.25) is 0 Å². The maximum atomic E-state index is 13.6. The average Bonchev–Trinajstić information content (AvgIpc) is 4.22. The molecule has 0 radical (unpaired) electrons. The third-order valence-electron chi connectivity index (χ3n) is 14.8. The molecule has 11 nitrogen and oxygen atoms in total. The Labute approximate surface area is 481 Å². The SMILES string of the molecule is C.C.C#CC.C#CC#CC.CC#N.O=C(CCl)c1cccs1.O=C(C[N+]12CCC(CC1)[C@@H](OC(=O)C(c1ccccc1)N1CCCCC1)C2)c1cccs1.O=C(O[C@H]1CN2CCC1CC2)C(c1ccccc1)N1CCCCC1. The molecule has 8 aliphatic heterocycles. The Morgan fingerprint density at radius 3 is 1.46 bits per heavy atom. The van der Waals surface area contributed by atoms with Crippen molar-refractivity contribution in [1.82, 2.24) is 14.7 Å². The average molecular weight is 1120 g/mol. The number of terminal acetylenes is 2. The minimum Gasteiger partial charge on any atom is -0.459 e. The summed E-state index contributed by atoms with van der Waals surface area (Å²) < 4.78 is 13.1. The standard InChI is InChI=1S/C26H33N2O3S.C20H28N2O2.C6H5ClOS.C5H4.C3H4.C2H3N.2CH4/c29-22(24-10-7-17-32-24)18-28-15-11-20(12-16-28)23(19-28)31-26(30)25(21-8-3-1-4-9-21)27-13-5-2-6-14-27;23-20(24-18-15-21-13-9-16(18)10-14-21)19(17-7-3-1-4-8-17)22-11-5-2-6-12-22;7-4-5(8)6-2-1-3-9-6;1-3-5-4-2;1-3-2;1-2-3;;/h1,3-4,7-10,17,20,23,25H,2,5-6,11-16,18-19H2;1,3-4,7-8,16,18-19H,2,5-6,9-15H2;1-3H,4H2;1H,2H3;1H,2H3;1H3;2*1H4/q+1;;;;;;;/t20?,23-,25?,28?;18-,19?;;;;;;/m00....../s1. The fraction of sp³-hybridized carbons (Fsp3) is 0.516. The van der Waals surface area contributed by atoms with Crippen molar-refractivity contribution in [2.75, 3.05) is 77.9 Å². The molecule has 8 fully saturated rings. The van der Waals surface area contributed by atoms with Crippen LogP contribution in [0.4, 0.5) is 0 Å². The Hall–Kier alpha value is -5.58. The zero-order chi connectivity index (χ0) is 54.5. The monoisotopic (exact) mass is 1120 g/mol. The topological polar surface area (TPSA) is 120 Å². The molecule has 8 saturated heterocycles. The summed E-state index contributed by atoms with van der Waals surface area (Å²) in [4.78, 5) is 58.9. The number of esters is 2. The van der Waals surface area contributed by atoms with Gasteiger partial charge in [-0.2, -0.15) is 5.26 Å². The lowest BCUT2D eigenvalue weighted by atomic mass is 9.83. The first-order chi connectivity index (χ1) is 37.0. The van der Waals surface area contributed by atoms with E-state index < -0.39 is 0 Å². The molecule has 0 N–H and O–H groups in total. The molecule has 2 aromatic heterocycles. The number of fused-ring (bicyclic) bond motifs is 6. The van der Waals surface area contributed by atoms with Gasteiger partial charge in [0.15, 0.2) is 11.9 Å². The van der Waals surface area contributed by atoms with E-state index >= 15 is 0 Å². The summed E-state index contributed by atoms with van der Waals surface area (Å²) in [5, 5.41) is 11.1. The third kappa shape index (κ3) is 20.6. The Morgan fingerprint density at radius 1 is 0.654 bits per heavy atom. The second-order valence-electron chi connectivity index (χ2n) is 19.8. The Morgan fingerprint density at radius 2 is 1.09 bits per heavy atom. The van der Waals surface area contributed by atoms with Crippen LogP contribution in [-0.2, 0) is 19.1 Å². The molecule has 4 atom stereocenters. The molecule has 12 rings (SSSR count). The number of hydrogen-bond acceptors (Lipinski definition) is 12. The normalized spacial score (nSPS) is 23.1. The number of benzene rings is 2. The van der Waals surface area contributed by atoms with Gasteiger partial charge in [0.25, 0.3) is 0 Å². The minimum absolute atomic E-state index is 0. The predicted molar refractivity (Wildman–Crippen MR) is 320 cm³/mol. The number of ether oxygens (including phenoxy) is 2. The molecule has 78 heavy (non-hydrogen) atoms. The summed E-state index contributed by atoms with van der Waals surface area (Å²) in [6, 6.07) is 28.9. The van der Waals surface area contributed by atoms with E-state index in [2.05, 4.69) is 56.9 Å². The van der Waals surface area contributed by atoms with Gasteiger partial charge < -0.3 is 14.0 Å². The Balaban J connectivity index is 0.000000304. The smallest absolute Gasteiger partial charge is 0.328 e. The highest BCUT2D eigenvalue weighted by molar-refractivity contribution is 7.12. The van der Waals surface area contributed by atoms with Gasteiger partial charge in [-0.1, -0.05) is 106 Å². The van der Waals surface area contributed by atoms with Crippen molar-refractivity contribution in [2.24, 2.45) is 11.8 Å². The van der Waals surface area contributed by atoms with Crippen LogP contribution in [0.5, 0.6) is 0 Å². The van der Waals surface area contributed by atoms with Crippen molar-refractivity contribution in [3.05, 3.63) is 117 Å². The molecule has 0 aliphatic carbocycles. The first-order valence-corrected chi connectivity index (χ1v) is 29.1. The van der Waals surface area contributed by atoms with Crippen molar-refractivity contribution in [2.45, 2.75) is 124 Å². The molecule has 8 aliphatic rings. The van der Waals surface area contributed by atoms with Gasteiger partial charge in [-0.3, -0.25) is 24.3 Å². The highest BCUT2D eigenvalue weighted by atomic mass is 35.5. The van der Waals surface area contributed by atoms with Crippen LogP contribution in [0, 0.1) is 59.7 Å². The van der Waals surface area contributed by atoms with E-state index in [9.17, 15) is 19.2 Å². The van der Waals surface area contributed by atoms with Crippen LogP contribution in [0.1, 0.15) is 142 Å².